The molecule has 0 saturated carbocycles. The molecule has 134 valence electrons. The molecule has 0 aliphatic rings. The van der Waals surface area contributed by atoms with Crippen LogP contribution in [0.4, 0.5) is 4.20 Å². The maximum atomic E-state index is 18.2. The fourth-order valence-electron chi connectivity index (χ4n) is 3.86. The van der Waals surface area contributed by atoms with Gasteiger partial charge in [0.15, 0.2) is 0 Å². The second kappa shape index (κ2) is 7.10. The van der Waals surface area contributed by atoms with Gasteiger partial charge in [-0.15, -0.1) is 0 Å². The van der Waals surface area contributed by atoms with Gasteiger partial charge in [-0.25, -0.2) is 0 Å². The van der Waals surface area contributed by atoms with E-state index in [1.165, 1.54) is 0 Å². The summed E-state index contributed by atoms with van der Waals surface area (Å²) in [6, 6.07) is 39.1. The molecule has 27 heavy (non-hydrogen) atoms. The molecule has 0 atom stereocenters. The Morgan fingerprint density at radius 2 is 0.741 bits per heavy atom. The summed E-state index contributed by atoms with van der Waals surface area (Å²) in [5, 5.41) is 2.30. The summed E-state index contributed by atoms with van der Waals surface area (Å²) in [4.78, 5) is 0. The number of hydrogen-bond donors (Lipinski definition) is 0. The molecule has 0 heterocycles. The Balaban J connectivity index is 2.09. The van der Waals surface area contributed by atoms with Gasteiger partial charge in [-0.3, -0.25) is 0 Å². The van der Waals surface area contributed by atoms with Gasteiger partial charge in [0.1, 0.15) is 0 Å². The van der Waals surface area contributed by atoms with E-state index in [0.717, 1.165) is 21.5 Å². The minimum absolute atomic E-state index is 0.352. The van der Waals surface area contributed by atoms with Gasteiger partial charge < -0.3 is 0 Å². The molecule has 0 spiro atoms. The van der Waals surface area contributed by atoms with E-state index >= 15 is 4.20 Å². The van der Waals surface area contributed by atoms with E-state index < -0.39 is 6.91 Å². The average molecular weight is 372 g/mol. The molecular formula is C25H22FP. The molecule has 0 unspecified atom stereocenters. The number of rotatable bonds is 5. The van der Waals surface area contributed by atoms with Crippen LogP contribution in [0.1, 0.15) is 5.56 Å². The van der Waals surface area contributed by atoms with E-state index in [1.807, 2.05) is 121 Å². The Labute approximate surface area is 160 Å². The first-order valence-electron chi connectivity index (χ1n) is 9.15. The number of benzene rings is 4. The zero-order chi connectivity index (χ0) is 18.6. The van der Waals surface area contributed by atoms with E-state index in [2.05, 4.69) is 0 Å². The van der Waals surface area contributed by atoms with Crippen LogP contribution >= 0.6 is 6.91 Å². The summed E-state index contributed by atoms with van der Waals surface area (Å²) in [6.07, 6.45) is 0.352. The molecule has 0 aromatic heterocycles. The average Bonchev–Trinajstić information content (AvgIpc) is 2.76. The summed E-state index contributed by atoms with van der Waals surface area (Å²) in [5.74, 6) is 0. The summed E-state index contributed by atoms with van der Waals surface area (Å²) in [6.45, 7) is -4.18. The minimum atomic E-state index is -4.18. The van der Waals surface area contributed by atoms with Crippen molar-refractivity contribution in [2.45, 2.75) is 6.16 Å². The first-order valence-corrected chi connectivity index (χ1v) is 11.5. The summed E-state index contributed by atoms with van der Waals surface area (Å²) < 4.78 is 18.2. The summed E-state index contributed by atoms with van der Waals surface area (Å²) in [7, 11) is 0. The predicted octanol–water partition coefficient (Wildman–Crippen LogP) is 5.60. The van der Waals surface area contributed by atoms with Crippen molar-refractivity contribution in [2.75, 3.05) is 0 Å². The van der Waals surface area contributed by atoms with Crippen LogP contribution < -0.4 is 15.9 Å². The zero-order valence-corrected chi connectivity index (χ0v) is 16.0. The van der Waals surface area contributed by atoms with E-state index in [9.17, 15) is 0 Å². The molecule has 4 aromatic rings. The molecule has 4 rings (SSSR count). The van der Waals surface area contributed by atoms with Gasteiger partial charge in [0.25, 0.3) is 0 Å². The molecule has 0 nitrogen and oxygen atoms in total. The Hall–Kier alpha value is -2.76. The Morgan fingerprint density at radius 3 is 1.07 bits per heavy atom. The van der Waals surface area contributed by atoms with Crippen LogP contribution in [0.3, 0.4) is 0 Å². The van der Waals surface area contributed by atoms with Crippen LogP contribution in [0.5, 0.6) is 0 Å². The Kier molecular flexibility index (Phi) is 4.64. The van der Waals surface area contributed by atoms with Gasteiger partial charge >= 0.3 is 160 Å². The van der Waals surface area contributed by atoms with Crippen molar-refractivity contribution in [3.63, 3.8) is 0 Å². The second-order valence-electron chi connectivity index (χ2n) is 6.83. The summed E-state index contributed by atoms with van der Waals surface area (Å²) >= 11 is 0. The van der Waals surface area contributed by atoms with Gasteiger partial charge in [0.2, 0.25) is 0 Å². The first kappa shape index (κ1) is 17.6. The maximum absolute atomic E-state index is 18.2. The molecular weight excluding hydrogens is 350 g/mol. The molecule has 4 aromatic carbocycles. The van der Waals surface area contributed by atoms with E-state index in [4.69, 9.17) is 0 Å². The Bertz CT molecular complexity index is 900. The van der Waals surface area contributed by atoms with Gasteiger partial charge in [0.05, 0.1) is 0 Å². The summed E-state index contributed by atoms with van der Waals surface area (Å²) in [5.41, 5.74) is 1.01. The molecule has 0 aliphatic carbocycles. The third kappa shape index (κ3) is 2.99. The van der Waals surface area contributed by atoms with Crippen LogP contribution in [0.15, 0.2) is 121 Å². The quantitative estimate of drug-likeness (QED) is 0.400. The number of halogens is 1. The molecule has 0 radical (unpaired) electrons. The van der Waals surface area contributed by atoms with Crippen LogP contribution in [0, 0.1) is 0 Å². The monoisotopic (exact) mass is 372 g/mol. The van der Waals surface area contributed by atoms with Gasteiger partial charge in [-0.05, 0) is 0 Å². The van der Waals surface area contributed by atoms with Gasteiger partial charge in [-0.2, -0.15) is 0 Å². The van der Waals surface area contributed by atoms with Crippen molar-refractivity contribution in [2.24, 2.45) is 0 Å². The van der Waals surface area contributed by atoms with E-state index in [-0.39, 0.29) is 0 Å². The van der Waals surface area contributed by atoms with Gasteiger partial charge in [0, 0.05) is 0 Å². The molecule has 0 N–H and O–H groups in total. The zero-order valence-electron chi connectivity index (χ0n) is 15.1. The predicted molar refractivity (Wildman–Crippen MR) is 116 cm³/mol. The first-order chi connectivity index (χ1) is 13.2. The molecule has 0 bridgehead atoms. The fraction of sp³-hybridized carbons (Fsp3) is 0.0400. The van der Waals surface area contributed by atoms with Crippen LogP contribution in [-0.4, -0.2) is 0 Å². The van der Waals surface area contributed by atoms with Crippen molar-refractivity contribution in [3.8, 4) is 0 Å². The van der Waals surface area contributed by atoms with Crippen LogP contribution in [0.2, 0.25) is 0 Å². The molecule has 0 aliphatic heterocycles. The normalized spacial score (nSPS) is 12.9. The standard InChI is InChI=1S/C25H22FP/c26-27(23-15-7-2-8-16-23,24-17-9-3-10-18-24,25-19-11-4-12-20-25)21-22-13-5-1-6-14-22/h1-20H,21H2. The van der Waals surface area contributed by atoms with E-state index in [1.54, 1.807) is 0 Å². The van der Waals surface area contributed by atoms with Crippen molar-refractivity contribution in [3.05, 3.63) is 127 Å². The third-order valence-corrected chi connectivity index (χ3v) is 10.3. The number of hydrogen-bond acceptors (Lipinski definition) is 0. The van der Waals surface area contributed by atoms with E-state index in [0.29, 0.717) is 6.16 Å². The molecule has 2 heteroatoms. The van der Waals surface area contributed by atoms with Crippen molar-refractivity contribution in [1.29, 1.82) is 0 Å². The van der Waals surface area contributed by atoms with Crippen molar-refractivity contribution >= 4 is 22.8 Å². The molecule has 0 fully saturated rings. The van der Waals surface area contributed by atoms with Gasteiger partial charge in [-0.1, -0.05) is 0 Å². The fourth-order valence-corrected chi connectivity index (χ4v) is 8.58. The molecule has 0 amide bonds. The second-order valence-corrected chi connectivity index (χ2v) is 11.1. The van der Waals surface area contributed by atoms with Crippen molar-refractivity contribution < 1.29 is 4.20 Å². The third-order valence-electron chi connectivity index (χ3n) is 5.21. The SMILES string of the molecule is FP(Cc1ccccc1)(c1ccccc1)(c1ccccc1)c1ccccc1. The van der Waals surface area contributed by atoms with Crippen LogP contribution in [-0.2, 0) is 6.16 Å². The van der Waals surface area contributed by atoms with Crippen molar-refractivity contribution in [1.82, 2.24) is 0 Å². The Morgan fingerprint density at radius 1 is 0.444 bits per heavy atom. The molecule has 0 saturated heterocycles. The topological polar surface area (TPSA) is 0 Å². The van der Waals surface area contributed by atoms with Crippen LogP contribution in [0.25, 0.3) is 0 Å².